The number of likely N-dealkylation sites (tertiary alicyclic amines) is 1. The molecule has 330 valence electrons. The predicted molar refractivity (Wildman–Crippen MR) is 242 cm³/mol. The molecule has 0 aromatic heterocycles. The number of carbonyl (C=O) groups excluding carboxylic acids is 2. The number of anilines is 1. The van der Waals surface area contributed by atoms with E-state index in [0.717, 1.165) is 30.5 Å². The van der Waals surface area contributed by atoms with Crippen molar-refractivity contribution in [1.82, 2.24) is 4.90 Å². The lowest BCUT2D eigenvalue weighted by atomic mass is 10.0. The molecule has 3 rings (SSSR count). The molecule has 1 aliphatic heterocycles. The normalized spacial score (nSPS) is 12.7. The molecule has 0 radical (unpaired) electrons. The summed E-state index contributed by atoms with van der Waals surface area (Å²) in [5.74, 6) is -0.822. The number of halogens is 1. The van der Waals surface area contributed by atoms with E-state index in [9.17, 15) is 14.4 Å². The molecule has 2 aromatic rings. The number of allylic oxidation sites excluding steroid dienone is 2. The van der Waals surface area contributed by atoms with Gasteiger partial charge in [-0.3, -0.25) is 14.2 Å². The molecule has 3 N–H and O–H groups in total. The molecule has 12 heteroatoms. The largest absolute Gasteiger partial charge is 0.480 e. The van der Waals surface area contributed by atoms with Crippen LogP contribution < -0.4 is 5.32 Å². The standard InChI is InChI=1S/C25H43NO.C13H15NO4.2C4H8.ClHO3S/c1-3-4-5-6-7-8-9-10-11-12-13-14-15-16-17-18-25(27)26-24-21-19-23(2)20-22-24;15-12(16)11-7-4-8-14(11)13(17)18-9-10-5-2-1-3-6-10;2*1-3-4-2;1-5(2,3)4/h19-22H,3-18H2,1-2H3,(H,26,27);1-3,5-6,11H,4,7-9H2,(H,15,16);2*3H,1,4H2,2H3;(H,2,3,4)/t;11-;;;/m.0.../s1. The summed E-state index contributed by atoms with van der Waals surface area (Å²) in [4.78, 5) is 35.9. The third-order valence-corrected chi connectivity index (χ3v) is 8.90. The SMILES string of the molecule is C=CCC.C=CCC.CCCCCCCCCCCCCCCCCC(=O)Nc1ccc(C)cc1.O=C(O)[C@@H]1CCCN1C(=O)OCc1ccccc1.O=S(=O)(O)Cl. The number of hydrogen-bond acceptors (Lipinski definition) is 6. The minimum absolute atomic E-state index is 0.147. The molecule has 0 aliphatic carbocycles. The third-order valence-electron chi connectivity index (χ3n) is 8.90. The number of carboxylic acid groups (broad SMARTS) is 1. The molecule has 0 saturated carbocycles. The zero-order valence-corrected chi connectivity index (χ0v) is 37.5. The van der Waals surface area contributed by atoms with Crippen LogP contribution in [0.3, 0.4) is 0 Å². The summed E-state index contributed by atoms with van der Waals surface area (Å²) in [5, 5.41) is 11.9. The van der Waals surface area contributed by atoms with Gasteiger partial charge in [-0.15, -0.1) is 13.2 Å². The van der Waals surface area contributed by atoms with Crippen molar-refractivity contribution in [2.45, 2.75) is 169 Å². The van der Waals surface area contributed by atoms with E-state index >= 15 is 0 Å². The van der Waals surface area contributed by atoms with Crippen LogP contribution >= 0.6 is 10.7 Å². The fourth-order valence-corrected chi connectivity index (χ4v) is 5.56. The minimum atomic E-state index is -4.19. The molecule has 58 heavy (non-hydrogen) atoms. The van der Waals surface area contributed by atoms with Crippen molar-refractivity contribution in [2.24, 2.45) is 0 Å². The smallest absolute Gasteiger partial charge is 0.410 e. The predicted octanol–water partition coefficient (Wildman–Crippen LogP) is 13.3. The van der Waals surface area contributed by atoms with Crippen LogP contribution in [-0.4, -0.2) is 53.5 Å². The van der Waals surface area contributed by atoms with E-state index in [4.69, 9.17) is 22.8 Å². The van der Waals surface area contributed by atoms with E-state index in [0.29, 0.717) is 25.8 Å². The second-order valence-electron chi connectivity index (χ2n) is 14.1. The molecule has 0 spiro atoms. The highest BCUT2D eigenvalue weighted by atomic mass is 35.7. The van der Waals surface area contributed by atoms with Crippen LogP contribution in [0, 0.1) is 6.92 Å². The molecule has 2 amide bonds. The number of unbranched alkanes of at least 4 members (excludes halogenated alkanes) is 14. The highest BCUT2D eigenvalue weighted by Crippen LogP contribution is 2.19. The van der Waals surface area contributed by atoms with E-state index in [-0.39, 0.29) is 12.5 Å². The number of aliphatic carboxylic acids is 1. The number of ether oxygens (including phenoxy) is 1. The van der Waals surface area contributed by atoms with E-state index in [1.54, 1.807) is 0 Å². The molecule has 1 aliphatic rings. The van der Waals surface area contributed by atoms with E-state index in [2.05, 4.69) is 56.9 Å². The summed E-state index contributed by atoms with van der Waals surface area (Å²) in [7, 11) is -0.137. The summed E-state index contributed by atoms with van der Waals surface area (Å²) >= 11 is 0. The number of amides is 2. The first-order valence-corrected chi connectivity index (χ1v) is 23.5. The van der Waals surface area contributed by atoms with Gasteiger partial charge < -0.3 is 15.2 Å². The third kappa shape index (κ3) is 37.9. The van der Waals surface area contributed by atoms with Crippen molar-refractivity contribution in [3.05, 3.63) is 91.0 Å². The Morgan fingerprint density at radius 1 is 0.793 bits per heavy atom. The number of carbonyl (C=O) groups is 3. The average Bonchev–Trinajstić information content (AvgIpc) is 3.71. The summed E-state index contributed by atoms with van der Waals surface area (Å²) in [6.07, 6.45) is 27.5. The Bertz CT molecular complexity index is 1420. The number of benzene rings is 2. The Morgan fingerprint density at radius 2 is 1.22 bits per heavy atom. The van der Waals surface area contributed by atoms with Crippen molar-refractivity contribution >= 4 is 43.7 Å². The van der Waals surface area contributed by atoms with Crippen LogP contribution in [0.2, 0.25) is 0 Å². The molecule has 0 unspecified atom stereocenters. The summed E-state index contributed by atoms with van der Waals surface area (Å²) in [6, 6.07) is 16.6. The fourth-order valence-electron chi connectivity index (χ4n) is 5.56. The number of aryl methyl sites for hydroxylation is 1. The molecule has 1 fully saturated rings. The number of hydrogen-bond donors (Lipinski definition) is 3. The van der Waals surface area contributed by atoms with Crippen LogP contribution in [-0.2, 0) is 30.3 Å². The first kappa shape index (κ1) is 56.4. The Balaban J connectivity index is 0. The molecule has 1 saturated heterocycles. The zero-order valence-electron chi connectivity index (χ0n) is 36.0. The van der Waals surface area contributed by atoms with Gasteiger partial charge in [0, 0.05) is 29.3 Å². The first-order chi connectivity index (χ1) is 27.7. The van der Waals surface area contributed by atoms with Gasteiger partial charge in [0.1, 0.15) is 12.6 Å². The second-order valence-corrected chi connectivity index (χ2v) is 16.1. The average molecular weight is 852 g/mol. The quantitative estimate of drug-likeness (QED) is 0.0458. The maximum atomic E-state index is 11.9. The van der Waals surface area contributed by atoms with Gasteiger partial charge in [-0.25, -0.2) is 9.59 Å². The fraction of sp³-hybridized carbons (Fsp3) is 0.587. The minimum Gasteiger partial charge on any atom is -0.480 e. The Labute approximate surface area is 356 Å². The molecule has 0 bridgehead atoms. The maximum Gasteiger partial charge on any atom is 0.410 e. The molecular weight excluding hydrogens is 776 g/mol. The molecule has 10 nitrogen and oxygen atoms in total. The number of carboxylic acids is 1. The van der Waals surface area contributed by atoms with Gasteiger partial charge in [-0.05, 0) is 56.7 Å². The van der Waals surface area contributed by atoms with Gasteiger partial charge in [-0.2, -0.15) is 8.42 Å². The Morgan fingerprint density at radius 3 is 1.64 bits per heavy atom. The van der Waals surface area contributed by atoms with E-state index < -0.39 is 27.4 Å². The first-order valence-electron chi connectivity index (χ1n) is 21.2. The van der Waals surface area contributed by atoms with Crippen LogP contribution in [0.15, 0.2) is 79.9 Å². The van der Waals surface area contributed by atoms with Gasteiger partial charge in [0.2, 0.25) is 5.91 Å². The molecular formula is C46H75ClN2O8S. The van der Waals surface area contributed by atoms with Crippen molar-refractivity contribution < 1.29 is 37.2 Å². The number of nitrogens with one attached hydrogen (secondary N) is 1. The van der Waals surface area contributed by atoms with Crippen LogP contribution in [0.4, 0.5) is 10.5 Å². The van der Waals surface area contributed by atoms with Gasteiger partial charge in [-0.1, -0.05) is 171 Å². The second kappa shape index (κ2) is 38.8. The lowest BCUT2D eigenvalue weighted by Gasteiger charge is -2.20. The van der Waals surface area contributed by atoms with Gasteiger partial charge in [0.15, 0.2) is 0 Å². The molecule has 2 aromatic carbocycles. The maximum absolute atomic E-state index is 11.9. The summed E-state index contributed by atoms with van der Waals surface area (Å²) < 4.78 is 30.3. The van der Waals surface area contributed by atoms with Crippen LogP contribution in [0.25, 0.3) is 0 Å². The zero-order chi connectivity index (χ0) is 43.9. The van der Waals surface area contributed by atoms with Crippen molar-refractivity contribution in [1.29, 1.82) is 0 Å². The summed E-state index contributed by atoms with van der Waals surface area (Å²) in [6.45, 7) is 16.0. The van der Waals surface area contributed by atoms with Crippen molar-refractivity contribution in [2.75, 3.05) is 11.9 Å². The van der Waals surface area contributed by atoms with E-state index in [1.165, 1.54) is 100 Å². The van der Waals surface area contributed by atoms with Crippen LogP contribution in [0.5, 0.6) is 0 Å². The lowest BCUT2D eigenvalue weighted by Crippen LogP contribution is -2.40. The van der Waals surface area contributed by atoms with Crippen LogP contribution in [0.1, 0.15) is 160 Å². The Hall–Kier alpha value is -3.67. The monoisotopic (exact) mass is 850 g/mol. The molecule has 1 heterocycles. The number of rotatable bonds is 22. The summed E-state index contributed by atoms with van der Waals surface area (Å²) in [5.41, 5.74) is 3.01. The molecule has 1 atom stereocenters. The highest BCUT2D eigenvalue weighted by Gasteiger charge is 2.34. The van der Waals surface area contributed by atoms with Gasteiger partial charge in [0.05, 0.1) is 0 Å². The number of nitrogens with zero attached hydrogens (tertiary/aromatic N) is 1. The lowest BCUT2D eigenvalue weighted by molar-refractivity contribution is -0.141. The van der Waals surface area contributed by atoms with Crippen molar-refractivity contribution in [3.63, 3.8) is 0 Å². The van der Waals surface area contributed by atoms with Gasteiger partial charge >= 0.3 is 21.4 Å². The topological polar surface area (TPSA) is 150 Å². The Kier molecular flexibility index (Phi) is 37.8. The van der Waals surface area contributed by atoms with Crippen molar-refractivity contribution in [3.8, 4) is 0 Å². The van der Waals surface area contributed by atoms with E-state index in [1.807, 2.05) is 66.7 Å². The highest BCUT2D eigenvalue weighted by molar-refractivity contribution is 8.09. The van der Waals surface area contributed by atoms with Gasteiger partial charge in [0.25, 0.3) is 0 Å².